The highest BCUT2D eigenvalue weighted by atomic mass is 16.5. The van der Waals surface area contributed by atoms with E-state index in [0.29, 0.717) is 22.2 Å². The number of aromatic nitrogens is 3. The highest BCUT2D eigenvalue weighted by Gasteiger charge is 2.38. The SMILES string of the molecule is CCC(CN1C(=O)c2cnc3[nH]ncc3c2C1=O)OC. The third-order valence-corrected chi connectivity index (χ3v) is 3.59. The molecule has 1 unspecified atom stereocenters. The van der Waals surface area contributed by atoms with E-state index in [2.05, 4.69) is 15.2 Å². The number of fused-ring (bicyclic) bond motifs is 3. The Kier molecular flexibility index (Phi) is 2.98. The first-order valence-electron chi connectivity index (χ1n) is 6.38. The molecule has 3 heterocycles. The van der Waals surface area contributed by atoms with Crippen LogP contribution in [0.4, 0.5) is 0 Å². The molecule has 0 saturated carbocycles. The molecule has 0 saturated heterocycles. The lowest BCUT2D eigenvalue weighted by molar-refractivity contribution is 0.0432. The fourth-order valence-corrected chi connectivity index (χ4v) is 2.40. The third kappa shape index (κ3) is 1.70. The molecule has 0 radical (unpaired) electrons. The molecule has 104 valence electrons. The van der Waals surface area contributed by atoms with Crippen molar-refractivity contribution in [2.24, 2.45) is 0 Å². The summed E-state index contributed by atoms with van der Waals surface area (Å²) in [6.07, 6.45) is 3.50. The zero-order chi connectivity index (χ0) is 14.3. The molecule has 1 aliphatic rings. The summed E-state index contributed by atoms with van der Waals surface area (Å²) < 4.78 is 5.25. The minimum absolute atomic E-state index is 0.162. The molecule has 0 aromatic carbocycles. The number of hydrogen-bond donors (Lipinski definition) is 1. The molecule has 2 amide bonds. The Morgan fingerprint density at radius 3 is 2.85 bits per heavy atom. The summed E-state index contributed by atoms with van der Waals surface area (Å²) in [7, 11) is 1.57. The number of nitrogens with zero attached hydrogens (tertiary/aromatic N) is 3. The Balaban J connectivity index is 2.03. The van der Waals surface area contributed by atoms with Crippen LogP contribution < -0.4 is 0 Å². The number of nitrogens with one attached hydrogen (secondary N) is 1. The van der Waals surface area contributed by atoms with Gasteiger partial charge in [-0.25, -0.2) is 4.98 Å². The number of amides is 2. The van der Waals surface area contributed by atoms with Gasteiger partial charge in [0.15, 0.2) is 5.65 Å². The Morgan fingerprint density at radius 2 is 2.15 bits per heavy atom. The van der Waals surface area contributed by atoms with Crippen molar-refractivity contribution < 1.29 is 14.3 Å². The van der Waals surface area contributed by atoms with Crippen LogP contribution in [0.25, 0.3) is 11.0 Å². The molecule has 1 aliphatic heterocycles. The Hall–Kier alpha value is -2.28. The van der Waals surface area contributed by atoms with Crippen molar-refractivity contribution in [2.75, 3.05) is 13.7 Å². The number of hydrogen-bond acceptors (Lipinski definition) is 5. The largest absolute Gasteiger partial charge is 0.380 e. The van der Waals surface area contributed by atoms with Crippen LogP contribution in [0.3, 0.4) is 0 Å². The second kappa shape index (κ2) is 4.68. The quantitative estimate of drug-likeness (QED) is 0.839. The first kappa shape index (κ1) is 12.7. The van der Waals surface area contributed by atoms with Crippen LogP contribution in [0.1, 0.15) is 34.1 Å². The average molecular weight is 274 g/mol. The molecule has 1 atom stereocenters. The molecule has 3 rings (SSSR count). The third-order valence-electron chi connectivity index (χ3n) is 3.59. The maximum atomic E-state index is 12.5. The molecule has 1 N–H and O–H groups in total. The minimum atomic E-state index is -0.323. The van der Waals surface area contributed by atoms with Crippen LogP contribution in [-0.2, 0) is 4.74 Å². The second-order valence-electron chi connectivity index (χ2n) is 4.67. The van der Waals surface area contributed by atoms with Gasteiger partial charge in [-0.3, -0.25) is 19.6 Å². The molecule has 2 aromatic heterocycles. The Morgan fingerprint density at radius 1 is 1.35 bits per heavy atom. The van der Waals surface area contributed by atoms with Crippen molar-refractivity contribution in [2.45, 2.75) is 19.4 Å². The van der Waals surface area contributed by atoms with E-state index >= 15 is 0 Å². The van der Waals surface area contributed by atoms with Crippen LogP contribution in [0.15, 0.2) is 12.4 Å². The number of ether oxygens (including phenoxy) is 1. The summed E-state index contributed by atoms with van der Waals surface area (Å²) in [5, 5.41) is 7.13. The van der Waals surface area contributed by atoms with Gasteiger partial charge in [0.2, 0.25) is 0 Å². The van der Waals surface area contributed by atoms with Gasteiger partial charge in [0.25, 0.3) is 11.8 Å². The van der Waals surface area contributed by atoms with Crippen LogP contribution in [0.2, 0.25) is 0 Å². The van der Waals surface area contributed by atoms with Crippen molar-refractivity contribution in [3.63, 3.8) is 0 Å². The van der Waals surface area contributed by atoms with Gasteiger partial charge >= 0.3 is 0 Å². The zero-order valence-corrected chi connectivity index (χ0v) is 11.2. The molecular weight excluding hydrogens is 260 g/mol. The molecule has 0 aliphatic carbocycles. The lowest BCUT2D eigenvalue weighted by atomic mass is 10.1. The lowest BCUT2D eigenvalue weighted by Gasteiger charge is -2.20. The topological polar surface area (TPSA) is 88.2 Å². The predicted octanol–water partition coefficient (Wildman–Crippen LogP) is 0.979. The van der Waals surface area contributed by atoms with E-state index in [4.69, 9.17) is 4.74 Å². The van der Waals surface area contributed by atoms with Crippen molar-refractivity contribution in [1.29, 1.82) is 0 Å². The number of pyridine rings is 1. The fraction of sp³-hybridized carbons (Fsp3) is 0.385. The summed E-state index contributed by atoms with van der Waals surface area (Å²) in [4.78, 5) is 30.1. The number of H-pyrrole nitrogens is 1. The van der Waals surface area contributed by atoms with Crippen LogP contribution in [-0.4, -0.2) is 51.7 Å². The van der Waals surface area contributed by atoms with Crippen LogP contribution in [0.5, 0.6) is 0 Å². The zero-order valence-electron chi connectivity index (χ0n) is 11.2. The first-order valence-corrected chi connectivity index (χ1v) is 6.38. The maximum Gasteiger partial charge on any atom is 0.263 e. The number of carbonyl (C=O) groups excluding carboxylic acids is 2. The summed E-state index contributed by atoms with van der Waals surface area (Å²) in [6.45, 7) is 2.20. The summed E-state index contributed by atoms with van der Waals surface area (Å²) in [6, 6.07) is 0. The number of carbonyl (C=O) groups is 2. The average Bonchev–Trinajstić information content (AvgIpc) is 3.02. The van der Waals surface area contributed by atoms with E-state index in [1.807, 2.05) is 6.92 Å². The molecule has 0 spiro atoms. The van der Waals surface area contributed by atoms with Gasteiger partial charge in [0, 0.05) is 13.3 Å². The molecule has 0 fully saturated rings. The van der Waals surface area contributed by atoms with Gasteiger partial charge < -0.3 is 4.74 Å². The van der Waals surface area contributed by atoms with Gasteiger partial charge in [0.1, 0.15) is 0 Å². The standard InChI is InChI=1S/C13H14N4O3/c1-3-7(20-2)6-17-12(18)9-4-14-11-8(5-15-16-11)10(9)13(17)19/h4-5,7H,3,6H2,1-2H3,(H,14,15,16). The first-order chi connectivity index (χ1) is 9.67. The van der Waals surface area contributed by atoms with Crippen LogP contribution in [0, 0.1) is 0 Å². The van der Waals surface area contributed by atoms with E-state index in [1.54, 1.807) is 7.11 Å². The predicted molar refractivity (Wildman–Crippen MR) is 70.3 cm³/mol. The van der Waals surface area contributed by atoms with Gasteiger partial charge in [-0.05, 0) is 6.42 Å². The molecule has 0 bridgehead atoms. The summed E-state index contributed by atoms with van der Waals surface area (Å²) in [5.74, 6) is -0.634. The Labute approximate surface area is 114 Å². The van der Waals surface area contributed by atoms with E-state index in [0.717, 1.165) is 6.42 Å². The van der Waals surface area contributed by atoms with Crippen LogP contribution >= 0.6 is 0 Å². The highest BCUT2D eigenvalue weighted by Crippen LogP contribution is 2.28. The number of methoxy groups -OCH3 is 1. The van der Waals surface area contributed by atoms with Gasteiger partial charge in [-0.2, -0.15) is 5.10 Å². The van der Waals surface area contributed by atoms with Crippen molar-refractivity contribution in [3.8, 4) is 0 Å². The van der Waals surface area contributed by atoms with E-state index in [9.17, 15) is 9.59 Å². The highest BCUT2D eigenvalue weighted by molar-refractivity contribution is 6.25. The minimum Gasteiger partial charge on any atom is -0.380 e. The van der Waals surface area contributed by atoms with E-state index in [1.165, 1.54) is 17.3 Å². The monoisotopic (exact) mass is 274 g/mol. The molecule has 2 aromatic rings. The summed E-state index contributed by atoms with van der Waals surface area (Å²) >= 11 is 0. The Bertz CT molecular complexity index is 690. The van der Waals surface area contributed by atoms with Gasteiger partial charge in [-0.15, -0.1) is 0 Å². The summed E-state index contributed by atoms with van der Waals surface area (Å²) in [5.41, 5.74) is 1.21. The van der Waals surface area contributed by atoms with Gasteiger partial charge in [-0.1, -0.05) is 6.92 Å². The molecular formula is C13H14N4O3. The fourth-order valence-electron chi connectivity index (χ4n) is 2.40. The number of rotatable bonds is 4. The maximum absolute atomic E-state index is 12.5. The number of aromatic amines is 1. The molecule has 7 nitrogen and oxygen atoms in total. The van der Waals surface area contributed by atoms with Gasteiger partial charge in [0.05, 0.1) is 35.4 Å². The van der Waals surface area contributed by atoms with E-state index < -0.39 is 0 Å². The number of imide groups is 1. The van der Waals surface area contributed by atoms with Crippen molar-refractivity contribution >= 4 is 22.8 Å². The van der Waals surface area contributed by atoms with E-state index in [-0.39, 0.29) is 24.5 Å². The lowest BCUT2D eigenvalue weighted by Crippen LogP contribution is -2.37. The van der Waals surface area contributed by atoms with Crippen molar-refractivity contribution in [1.82, 2.24) is 20.1 Å². The second-order valence-corrected chi connectivity index (χ2v) is 4.67. The smallest absolute Gasteiger partial charge is 0.263 e. The molecule has 7 heteroatoms. The molecule has 20 heavy (non-hydrogen) atoms. The van der Waals surface area contributed by atoms with Crippen molar-refractivity contribution in [3.05, 3.63) is 23.5 Å². The normalized spacial score (nSPS) is 16.0.